The number of ether oxygens (including phenoxy) is 1. The van der Waals surface area contributed by atoms with Gasteiger partial charge in [-0.3, -0.25) is 0 Å². The van der Waals surface area contributed by atoms with E-state index in [2.05, 4.69) is 4.72 Å². The van der Waals surface area contributed by atoms with Crippen LogP contribution in [-0.4, -0.2) is 15.0 Å². The van der Waals surface area contributed by atoms with Gasteiger partial charge in [-0.2, -0.15) is 4.72 Å². The summed E-state index contributed by atoms with van der Waals surface area (Å²) < 4.78 is 33.9. The van der Waals surface area contributed by atoms with E-state index in [0.29, 0.717) is 12.4 Å². The number of hydrogen-bond acceptors (Lipinski definition) is 4. The van der Waals surface area contributed by atoms with Crippen LogP contribution >= 0.6 is 11.3 Å². The van der Waals surface area contributed by atoms with Gasteiger partial charge < -0.3 is 4.74 Å². The average Bonchev–Trinajstić information content (AvgIpc) is 3.16. The third kappa shape index (κ3) is 4.28. The molecule has 0 saturated heterocycles. The smallest absolute Gasteiger partial charge is 0.241 e. The molecule has 130 valence electrons. The van der Waals surface area contributed by atoms with Crippen molar-refractivity contribution in [2.24, 2.45) is 0 Å². The molecule has 4 nitrogen and oxygen atoms in total. The molecule has 0 aliphatic rings. The summed E-state index contributed by atoms with van der Waals surface area (Å²) in [7, 11) is -3.66. The first-order valence-corrected chi connectivity index (χ1v) is 10.3. The lowest BCUT2D eigenvalue weighted by atomic mass is 10.1. The lowest BCUT2D eigenvalue weighted by Crippen LogP contribution is -2.29. The first kappa shape index (κ1) is 17.7. The van der Waals surface area contributed by atoms with Crippen molar-refractivity contribution in [2.75, 3.05) is 6.61 Å². The van der Waals surface area contributed by atoms with Crippen molar-refractivity contribution in [3.63, 3.8) is 0 Å². The molecule has 3 rings (SSSR count). The van der Waals surface area contributed by atoms with Gasteiger partial charge in [0.15, 0.2) is 0 Å². The largest absolute Gasteiger partial charge is 0.494 e. The van der Waals surface area contributed by atoms with Crippen molar-refractivity contribution in [1.29, 1.82) is 0 Å². The summed E-state index contributed by atoms with van der Waals surface area (Å²) >= 11 is 1.52. The Morgan fingerprint density at radius 1 is 1.00 bits per heavy atom. The molecule has 0 aliphatic heterocycles. The molecule has 0 radical (unpaired) electrons. The van der Waals surface area contributed by atoms with Gasteiger partial charge in [0.05, 0.1) is 17.5 Å². The molecule has 1 N–H and O–H groups in total. The fourth-order valence-corrected chi connectivity index (χ4v) is 4.58. The molecule has 0 spiro atoms. The topological polar surface area (TPSA) is 55.4 Å². The fourth-order valence-electron chi connectivity index (χ4n) is 2.50. The van der Waals surface area contributed by atoms with Gasteiger partial charge in [0.1, 0.15) is 5.75 Å². The van der Waals surface area contributed by atoms with Crippen LogP contribution in [0.3, 0.4) is 0 Å². The van der Waals surface area contributed by atoms with Crippen LogP contribution < -0.4 is 9.46 Å². The van der Waals surface area contributed by atoms with Gasteiger partial charge in [0.25, 0.3) is 0 Å². The molecule has 2 aromatic carbocycles. The van der Waals surface area contributed by atoms with Crippen LogP contribution in [0.5, 0.6) is 5.75 Å². The Balaban J connectivity index is 1.90. The van der Waals surface area contributed by atoms with Crippen LogP contribution in [0.25, 0.3) is 0 Å². The second kappa shape index (κ2) is 7.82. The van der Waals surface area contributed by atoms with Crippen molar-refractivity contribution < 1.29 is 13.2 Å². The normalized spacial score (nSPS) is 12.7. The minimum absolute atomic E-state index is 0.216. The highest BCUT2D eigenvalue weighted by Gasteiger charge is 2.23. The lowest BCUT2D eigenvalue weighted by molar-refractivity contribution is 0.340. The summed E-state index contributed by atoms with van der Waals surface area (Å²) in [5.74, 6) is 0.652. The summed E-state index contributed by atoms with van der Waals surface area (Å²) in [5, 5.41) is 1.94. The SMILES string of the molecule is CCOc1ccc(S(=O)(=O)N[C@@H](c2ccccc2)c2cccs2)cc1. The highest BCUT2D eigenvalue weighted by atomic mass is 32.2. The second-order valence-electron chi connectivity index (χ2n) is 5.38. The maximum atomic E-state index is 12.8. The molecule has 1 heterocycles. The Labute approximate surface area is 152 Å². The van der Waals surface area contributed by atoms with Crippen LogP contribution in [-0.2, 0) is 10.0 Å². The van der Waals surface area contributed by atoms with Gasteiger partial charge in [-0.05, 0) is 48.2 Å². The van der Waals surface area contributed by atoms with Crippen LogP contribution in [0.4, 0.5) is 0 Å². The number of sulfonamides is 1. The van der Waals surface area contributed by atoms with Crippen molar-refractivity contribution in [3.8, 4) is 5.75 Å². The molecule has 0 fully saturated rings. The Morgan fingerprint density at radius 2 is 1.72 bits per heavy atom. The van der Waals surface area contributed by atoms with Crippen LogP contribution in [0, 0.1) is 0 Å². The predicted octanol–water partition coefficient (Wildman–Crippen LogP) is 4.21. The van der Waals surface area contributed by atoms with E-state index in [9.17, 15) is 8.42 Å². The van der Waals surface area contributed by atoms with E-state index in [1.165, 1.54) is 11.3 Å². The van der Waals surface area contributed by atoms with E-state index in [-0.39, 0.29) is 4.90 Å². The molecule has 0 aliphatic carbocycles. The second-order valence-corrected chi connectivity index (χ2v) is 8.08. The van der Waals surface area contributed by atoms with Crippen molar-refractivity contribution in [3.05, 3.63) is 82.6 Å². The summed E-state index contributed by atoms with van der Waals surface area (Å²) in [6.45, 7) is 2.43. The van der Waals surface area contributed by atoms with E-state index in [1.807, 2.05) is 54.8 Å². The van der Waals surface area contributed by atoms with Crippen molar-refractivity contribution >= 4 is 21.4 Å². The molecule has 1 aromatic heterocycles. The van der Waals surface area contributed by atoms with E-state index in [0.717, 1.165) is 10.4 Å². The van der Waals surface area contributed by atoms with Crippen LogP contribution in [0.1, 0.15) is 23.4 Å². The van der Waals surface area contributed by atoms with E-state index >= 15 is 0 Å². The Kier molecular flexibility index (Phi) is 5.53. The molecular weight excluding hydrogens is 354 g/mol. The quantitative estimate of drug-likeness (QED) is 0.675. The number of nitrogens with one attached hydrogen (secondary N) is 1. The highest BCUT2D eigenvalue weighted by molar-refractivity contribution is 7.89. The number of thiophene rings is 1. The third-order valence-electron chi connectivity index (χ3n) is 3.68. The first-order chi connectivity index (χ1) is 12.1. The van der Waals surface area contributed by atoms with Crippen LogP contribution in [0.2, 0.25) is 0 Å². The zero-order valence-electron chi connectivity index (χ0n) is 13.8. The lowest BCUT2D eigenvalue weighted by Gasteiger charge is -2.18. The van der Waals surface area contributed by atoms with Crippen LogP contribution in [0.15, 0.2) is 77.0 Å². The molecule has 0 saturated carbocycles. The number of rotatable bonds is 7. The summed E-state index contributed by atoms with van der Waals surface area (Å²) in [6.07, 6.45) is 0. The molecule has 3 aromatic rings. The maximum Gasteiger partial charge on any atom is 0.241 e. The van der Waals surface area contributed by atoms with Gasteiger partial charge in [-0.25, -0.2) is 8.42 Å². The Bertz CT molecular complexity index is 890. The van der Waals surface area contributed by atoms with E-state index in [1.54, 1.807) is 24.3 Å². The van der Waals surface area contributed by atoms with Crippen molar-refractivity contribution in [1.82, 2.24) is 4.72 Å². The van der Waals surface area contributed by atoms with E-state index in [4.69, 9.17) is 4.74 Å². The van der Waals surface area contributed by atoms with Gasteiger partial charge in [0.2, 0.25) is 10.0 Å². The average molecular weight is 373 g/mol. The highest BCUT2D eigenvalue weighted by Crippen LogP contribution is 2.28. The molecule has 0 unspecified atom stereocenters. The zero-order chi connectivity index (χ0) is 17.7. The summed E-state index contributed by atoms with van der Waals surface area (Å²) in [4.78, 5) is 1.16. The number of hydrogen-bond donors (Lipinski definition) is 1. The molecule has 0 amide bonds. The van der Waals surface area contributed by atoms with Gasteiger partial charge in [-0.1, -0.05) is 36.4 Å². The summed E-state index contributed by atoms with van der Waals surface area (Å²) in [6, 6.07) is 19.4. The standard InChI is InChI=1S/C19H19NO3S2/c1-2-23-16-10-12-17(13-11-16)25(21,22)20-19(18-9-6-14-24-18)15-7-4-3-5-8-15/h3-14,19-20H,2H2,1H3/t19-/m0/s1. The minimum atomic E-state index is -3.66. The molecule has 6 heteroatoms. The maximum absolute atomic E-state index is 12.8. The Hall–Kier alpha value is -2.15. The molecular formula is C19H19NO3S2. The van der Waals surface area contributed by atoms with Gasteiger partial charge in [0, 0.05) is 4.88 Å². The number of benzene rings is 2. The Morgan fingerprint density at radius 3 is 2.32 bits per heavy atom. The minimum Gasteiger partial charge on any atom is -0.494 e. The van der Waals surface area contributed by atoms with Crippen molar-refractivity contribution in [2.45, 2.75) is 17.9 Å². The predicted molar refractivity (Wildman–Crippen MR) is 101 cm³/mol. The summed E-state index contributed by atoms with van der Waals surface area (Å²) in [5.41, 5.74) is 0.902. The molecule has 0 bridgehead atoms. The molecule has 1 atom stereocenters. The van der Waals surface area contributed by atoms with E-state index < -0.39 is 16.1 Å². The zero-order valence-corrected chi connectivity index (χ0v) is 15.4. The third-order valence-corrected chi connectivity index (χ3v) is 6.05. The van der Waals surface area contributed by atoms with Gasteiger partial charge in [-0.15, -0.1) is 11.3 Å². The first-order valence-electron chi connectivity index (χ1n) is 7.93. The fraction of sp³-hybridized carbons (Fsp3) is 0.158. The monoisotopic (exact) mass is 373 g/mol. The molecule has 25 heavy (non-hydrogen) atoms. The van der Waals surface area contributed by atoms with Gasteiger partial charge >= 0.3 is 0 Å².